The van der Waals surface area contributed by atoms with Crippen molar-refractivity contribution in [1.82, 2.24) is 10.1 Å². The summed E-state index contributed by atoms with van der Waals surface area (Å²) in [6.07, 6.45) is 5.72. The predicted molar refractivity (Wildman–Crippen MR) is 70.1 cm³/mol. The third-order valence-electron chi connectivity index (χ3n) is 4.21. The van der Waals surface area contributed by atoms with Crippen molar-refractivity contribution in [2.45, 2.75) is 50.6 Å². The molecule has 2 aliphatic rings. The molecule has 1 aliphatic carbocycles. The maximum absolute atomic E-state index is 11.6. The number of carbonyl (C=O) groups excluding carboxylic acids is 1. The van der Waals surface area contributed by atoms with Gasteiger partial charge in [-0.25, -0.2) is 4.79 Å². The first-order valence-corrected chi connectivity index (χ1v) is 7.27. The number of hydrogen-bond acceptors (Lipinski definition) is 5. The molecule has 1 amide bonds. The first kappa shape index (κ1) is 13.4. The highest BCUT2D eigenvalue weighted by molar-refractivity contribution is 5.70. The first-order valence-electron chi connectivity index (χ1n) is 7.27. The van der Waals surface area contributed by atoms with Crippen LogP contribution in [-0.4, -0.2) is 40.5 Å². The average molecular weight is 280 g/mol. The van der Waals surface area contributed by atoms with Gasteiger partial charge in [0.15, 0.2) is 5.76 Å². The third-order valence-corrected chi connectivity index (χ3v) is 4.21. The summed E-state index contributed by atoms with van der Waals surface area (Å²) >= 11 is 0. The molecular formula is C14H20N2O4. The molecule has 6 heteroatoms. The number of amides is 1. The van der Waals surface area contributed by atoms with Gasteiger partial charge in [-0.1, -0.05) is 24.4 Å². The Morgan fingerprint density at radius 3 is 2.90 bits per heavy atom. The SMILES string of the molecule is O=C1OC[C@@H](CO)N1Cc1cc(C2CCCCC2)no1. The molecule has 1 aliphatic heterocycles. The molecule has 0 aromatic carbocycles. The van der Waals surface area contributed by atoms with Gasteiger partial charge in [-0.05, 0) is 12.8 Å². The van der Waals surface area contributed by atoms with Gasteiger partial charge < -0.3 is 14.4 Å². The van der Waals surface area contributed by atoms with E-state index in [0.29, 0.717) is 18.2 Å². The number of aliphatic hydroxyl groups is 1. The molecule has 110 valence electrons. The van der Waals surface area contributed by atoms with Crippen molar-refractivity contribution < 1.29 is 19.2 Å². The van der Waals surface area contributed by atoms with E-state index in [9.17, 15) is 9.90 Å². The van der Waals surface area contributed by atoms with Gasteiger partial charge in [0.1, 0.15) is 6.61 Å². The number of ether oxygens (including phenoxy) is 1. The van der Waals surface area contributed by atoms with E-state index >= 15 is 0 Å². The Labute approximate surface area is 117 Å². The molecule has 1 atom stereocenters. The average Bonchev–Trinajstić information content (AvgIpc) is 3.08. The van der Waals surface area contributed by atoms with Crippen LogP contribution in [0.25, 0.3) is 0 Å². The Hall–Kier alpha value is -1.56. The third kappa shape index (κ3) is 2.65. The number of nitrogens with zero attached hydrogens (tertiary/aromatic N) is 2. The summed E-state index contributed by atoms with van der Waals surface area (Å²) in [7, 11) is 0. The minimum atomic E-state index is -0.403. The van der Waals surface area contributed by atoms with E-state index in [1.165, 1.54) is 24.2 Å². The van der Waals surface area contributed by atoms with Gasteiger partial charge in [0.05, 0.1) is 24.9 Å². The maximum atomic E-state index is 11.6. The zero-order valence-electron chi connectivity index (χ0n) is 11.5. The van der Waals surface area contributed by atoms with Crippen molar-refractivity contribution in [1.29, 1.82) is 0 Å². The monoisotopic (exact) mass is 280 g/mol. The molecule has 1 saturated carbocycles. The van der Waals surface area contributed by atoms with Crippen LogP contribution in [0.4, 0.5) is 4.79 Å². The molecule has 1 N–H and O–H groups in total. The summed E-state index contributed by atoms with van der Waals surface area (Å²) < 4.78 is 10.3. The molecule has 2 fully saturated rings. The van der Waals surface area contributed by atoms with Crippen LogP contribution in [0.15, 0.2) is 10.6 Å². The Bertz CT molecular complexity index is 467. The van der Waals surface area contributed by atoms with Crippen molar-refractivity contribution in [2.75, 3.05) is 13.2 Å². The van der Waals surface area contributed by atoms with Crippen molar-refractivity contribution >= 4 is 6.09 Å². The van der Waals surface area contributed by atoms with Crippen LogP contribution in [-0.2, 0) is 11.3 Å². The van der Waals surface area contributed by atoms with Crippen LogP contribution in [0.2, 0.25) is 0 Å². The number of rotatable bonds is 4. The molecule has 20 heavy (non-hydrogen) atoms. The Morgan fingerprint density at radius 2 is 2.15 bits per heavy atom. The van der Waals surface area contributed by atoms with Gasteiger partial charge in [-0.3, -0.25) is 4.90 Å². The normalized spacial score (nSPS) is 24.1. The van der Waals surface area contributed by atoms with Crippen LogP contribution >= 0.6 is 0 Å². The van der Waals surface area contributed by atoms with Crippen LogP contribution in [0.3, 0.4) is 0 Å². The first-order chi connectivity index (χ1) is 9.78. The van der Waals surface area contributed by atoms with Crippen LogP contribution in [0.1, 0.15) is 49.5 Å². The Morgan fingerprint density at radius 1 is 1.35 bits per heavy atom. The zero-order chi connectivity index (χ0) is 13.9. The molecule has 0 bridgehead atoms. The number of hydrogen-bond donors (Lipinski definition) is 1. The summed E-state index contributed by atoms with van der Waals surface area (Å²) in [4.78, 5) is 13.1. The largest absolute Gasteiger partial charge is 0.447 e. The van der Waals surface area contributed by atoms with Crippen LogP contribution in [0, 0.1) is 0 Å². The van der Waals surface area contributed by atoms with E-state index in [1.54, 1.807) is 0 Å². The lowest BCUT2D eigenvalue weighted by atomic mass is 9.87. The molecule has 0 unspecified atom stereocenters. The number of aromatic nitrogens is 1. The highest BCUT2D eigenvalue weighted by Gasteiger charge is 2.33. The fourth-order valence-electron chi connectivity index (χ4n) is 3.00. The molecule has 0 radical (unpaired) electrons. The van der Waals surface area contributed by atoms with Crippen LogP contribution < -0.4 is 0 Å². The van der Waals surface area contributed by atoms with Gasteiger partial charge in [0.2, 0.25) is 0 Å². The summed E-state index contributed by atoms with van der Waals surface area (Å²) in [6, 6.07) is 1.65. The van der Waals surface area contributed by atoms with Crippen molar-refractivity contribution in [2.24, 2.45) is 0 Å². The van der Waals surface area contributed by atoms with Gasteiger partial charge in [-0.15, -0.1) is 0 Å². The second-order valence-corrected chi connectivity index (χ2v) is 5.59. The van der Waals surface area contributed by atoms with Crippen molar-refractivity contribution in [3.63, 3.8) is 0 Å². The summed E-state index contributed by atoms with van der Waals surface area (Å²) in [5.41, 5.74) is 0.993. The quantitative estimate of drug-likeness (QED) is 0.913. The minimum Gasteiger partial charge on any atom is -0.447 e. The zero-order valence-corrected chi connectivity index (χ0v) is 11.5. The number of cyclic esters (lactones) is 1. The molecule has 3 rings (SSSR count). The van der Waals surface area contributed by atoms with E-state index in [-0.39, 0.29) is 19.3 Å². The van der Waals surface area contributed by atoms with Gasteiger partial charge in [-0.2, -0.15) is 0 Å². The molecule has 6 nitrogen and oxygen atoms in total. The number of aliphatic hydroxyl groups excluding tert-OH is 1. The minimum absolute atomic E-state index is 0.102. The molecule has 0 spiro atoms. The van der Waals surface area contributed by atoms with E-state index in [2.05, 4.69) is 5.16 Å². The van der Waals surface area contributed by atoms with Crippen molar-refractivity contribution in [3.05, 3.63) is 17.5 Å². The van der Waals surface area contributed by atoms with Gasteiger partial charge in [0, 0.05) is 12.0 Å². The molecule has 1 saturated heterocycles. The summed E-state index contributed by atoms with van der Waals surface area (Å²) in [5.74, 6) is 1.14. The molecule has 1 aromatic heterocycles. The lowest BCUT2D eigenvalue weighted by molar-refractivity contribution is 0.145. The van der Waals surface area contributed by atoms with Gasteiger partial charge >= 0.3 is 6.09 Å². The topological polar surface area (TPSA) is 75.8 Å². The Balaban J connectivity index is 1.66. The van der Waals surface area contributed by atoms with E-state index < -0.39 is 6.09 Å². The second kappa shape index (κ2) is 5.83. The maximum Gasteiger partial charge on any atom is 0.410 e. The Kier molecular flexibility index (Phi) is 3.91. The smallest absolute Gasteiger partial charge is 0.410 e. The highest BCUT2D eigenvalue weighted by atomic mass is 16.6. The lowest BCUT2D eigenvalue weighted by Crippen LogP contribution is -2.35. The van der Waals surface area contributed by atoms with E-state index in [4.69, 9.17) is 9.26 Å². The van der Waals surface area contributed by atoms with Crippen LogP contribution in [0.5, 0.6) is 0 Å². The molecule has 2 heterocycles. The molecular weight excluding hydrogens is 260 g/mol. The predicted octanol–water partition coefficient (Wildman–Crippen LogP) is 2.04. The van der Waals surface area contributed by atoms with Gasteiger partial charge in [0.25, 0.3) is 0 Å². The fraction of sp³-hybridized carbons (Fsp3) is 0.714. The summed E-state index contributed by atoms with van der Waals surface area (Å²) in [5, 5.41) is 13.4. The summed E-state index contributed by atoms with van der Waals surface area (Å²) in [6.45, 7) is 0.443. The standard InChI is InChI=1S/C14H20N2O4/c17-8-11-9-19-14(18)16(11)7-12-6-13(15-20-12)10-4-2-1-3-5-10/h6,10-11,17H,1-5,7-9H2/t11-/m1/s1. The highest BCUT2D eigenvalue weighted by Crippen LogP contribution is 2.32. The second-order valence-electron chi connectivity index (χ2n) is 5.59. The molecule has 1 aromatic rings. The van der Waals surface area contributed by atoms with Crippen molar-refractivity contribution in [3.8, 4) is 0 Å². The van der Waals surface area contributed by atoms with E-state index in [0.717, 1.165) is 18.5 Å². The lowest BCUT2D eigenvalue weighted by Gasteiger charge is -2.18. The number of carbonyl (C=O) groups is 1. The van der Waals surface area contributed by atoms with E-state index in [1.807, 2.05) is 6.07 Å². The fourth-order valence-corrected chi connectivity index (χ4v) is 3.00.